The summed E-state index contributed by atoms with van der Waals surface area (Å²) in [6.45, 7) is 4.33. The SMILES string of the molecule is CC(C)=CC(NN)C1C2C3CCC(C3)C21. The van der Waals surface area contributed by atoms with Crippen LogP contribution in [0.15, 0.2) is 11.6 Å². The molecule has 0 amide bonds. The zero-order valence-electron chi connectivity index (χ0n) is 9.74. The number of hydrogen-bond acceptors (Lipinski definition) is 2. The first kappa shape index (κ1) is 9.86. The van der Waals surface area contributed by atoms with E-state index in [9.17, 15) is 0 Å². The minimum atomic E-state index is 0.438. The number of fused-ring (bicyclic) bond motifs is 5. The molecule has 2 nitrogen and oxygen atoms in total. The van der Waals surface area contributed by atoms with E-state index in [-0.39, 0.29) is 0 Å². The van der Waals surface area contributed by atoms with Gasteiger partial charge in [-0.15, -0.1) is 0 Å². The average molecular weight is 206 g/mol. The quantitative estimate of drug-likeness (QED) is 0.421. The lowest BCUT2D eigenvalue weighted by atomic mass is 9.97. The Morgan fingerprint density at radius 1 is 1.27 bits per heavy atom. The van der Waals surface area contributed by atoms with E-state index in [1.165, 1.54) is 24.8 Å². The van der Waals surface area contributed by atoms with Crippen molar-refractivity contribution in [2.75, 3.05) is 0 Å². The van der Waals surface area contributed by atoms with Crippen molar-refractivity contribution in [3.63, 3.8) is 0 Å². The molecule has 5 atom stereocenters. The first-order valence-electron chi connectivity index (χ1n) is 6.33. The zero-order chi connectivity index (χ0) is 10.6. The second-order valence-electron chi connectivity index (χ2n) is 6.00. The Hall–Kier alpha value is -0.340. The molecule has 2 bridgehead atoms. The molecular formula is C13H22N2. The van der Waals surface area contributed by atoms with E-state index in [1.54, 1.807) is 0 Å². The molecule has 0 radical (unpaired) electrons. The van der Waals surface area contributed by atoms with Gasteiger partial charge in [-0.2, -0.15) is 0 Å². The number of allylic oxidation sites excluding steroid dienone is 1. The van der Waals surface area contributed by atoms with Crippen molar-refractivity contribution in [3.8, 4) is 0 Å². The Bertz CT molecular complexity index is 277. The summed E-state index contributed by atoms with van der Waals surface area (Å²) in [6, 6.07) is 0.438. The maximum absolute atomic E-state index is 5.68. The van der Waals surface area contributed by atoms with Crippen molar-refractivity contribution in [1.82, 2.24) is 5.43 Å². The van der Waals surface area contributed by atoms with Gasteiger partial charge in [0.2, 0.25) is 0 Å². The summed E-state index contributed by atoms with van der Waals surface area (Å²) in [5.41, 5.74) is 4.40. The van der Waals surface area contributed by atoms with Gasteiger partial charge in [-0.1, -0.05) is 11.6 Å². The number of rotatable bonds is 3. The van der Waals surface area contributed by atoms with Gasteiger partial charge in [0.05, 0.1) is 0 Å². The second kappa shape index (κ2) is 3.33. The normalized spacial score (nSPS) is 47.5. The molecule has 3 aliphatic rings. The first-order valence-corrected chi connectivity index (χ1v) is 6.33. The Kier molecular flexibility index (Phi) is 2.18. The van der Waals surface area contributed by atoms with Crippen LogP contribution in [0, 0.1) is 29.6 Å². The minimum absolute atomic E-state index is 0.438. The molecule has 5 unspecified atom stereocenters. The van der Waals surface area contributed by atoms with Crippen LogP contribution >= 0.6 is 0 Å². The number of hydrogen-bond donors (Lipinski definition) is 2. The molecule has 3 N–H and O–H groups in total. The predicted molar refractivity (Wildman–Crippen MR) is 61.8 cm³/mol. The smallest absolute Gasteiger partial charge is 0.0426 e. The lowest BCUT2D eigenvalue weighted by Crippen LogP contribution is -2.37. The number of nitrogens with one attached hydrogen (secondary N) is 1. The Morgan fingerprint density at radius 2 is 1.87 bits per heavy atom. The second-order valence-corrected chi connectivity index (χ2v) is 6.00. The van der Waals surface area contributed by atoms with Crippen LogP contribution < -0.4 is 11.3 Å². The highest BCUT2D eigenvalue weighted by atomic mass is 15.2. The van der Waals surface area contributed by atoms with Crippen molar-refractivity contribution < 1.29 is 0 Å². The van der Waals surface area contributed by atoms with Gasteiger partial charge in [-0.3, -0.25) is 11.3 Å². The van der Waals surface area contributed by atoms with Crippen molar-refractivity contribution >= 4 is 0 Å². The van der Waals surface area contributed by atoms with E-state index in [1.807, 2.05) is 0 Å². The van der Waals surface area contributed by atoms with Crippen LogP contribution in [0.2, 0.25) is 0 Å². The summed E-state index contributed by atoms with van der Waals surface area (Å²) in [7, 11) is 0. The van der Waals surface area contributed by atoms with Gasteiger partial charge < -0.3 is 0 Å². The maximum Gasteiger partial charge on any atom is 0.0426 e. The van der Waals surface area contributed by atoms with E-state index in [4.69, 9.17) is 5.84 Å². The van der Waals surface area contributed by atoms with Gasteiger partial charge in [0.15, 0.2) is 0 Å². The molecule has 0 aromatic rings. The van der Waals surface area contributed by atoms with E-state index >= 15 is 0 Å². The van der Waals surface area contributed by atoms with E-state index in [2.05, 4.69) is 25.3 Å². The third kappa shape index (κ3) is 1.38. The first-order chi connectivity index (χ1) is 7.22. The number of nitrogens with two attached hydrogens (primary N) is 1. The fourth-order valence-corrected chi connectivity index (χ4v) is 4.50. The van der Waals surface area contributed by atoms with Gasteiger partial charge in [0, 0.05) is 6.04 Å². The molecule has 3 saturated carbocycles. The Morgan fingerprint density at radius 3 is 2.33 bits per heavy atom. The van der Waals surface area contributed by atoms with Crippen LogP contribution in [0.4, 0.5) is 0 Å². The van der Waals surface area contributed by atoms with Gasteiger partial charge in [0.1, 0.15) is 0 Å². The summed E-state index contributed by atoms with van der Waals surface area (Å²) < 4.78 is 0. The van der Waals surface area contributed by atoms with Crippen LogP contribution in [0.3, 0.4) is 0 Å². The Balaban J connectivity index is 1.73. The lowest BCUT2D eigenvalue weighted by molar-refractivity contribution is 0.404. The number of hydrazine groups is 1. The third-order valence-electron chi connectivity index (χ3n) is 4.91. The predicted octanol–water partition coefficient (Wildman–Crippen LogP) is 2.08. The summed E-state index contributed by atoms with van der Waals surface area (Å²) in [5.74, 6) is 10.7. The van der Waals surface area contributed by atoms with Crippen molar-refractivity contribution in [1.29, 1.82) is 0 Å². The zero-order valence-corrected chi connectivity index (χ0v) is 9.74. The highest BCUT2D eigenvalue weighted by molar-refractivity contribution is 5.19. The molecular weight excluding hydrogens is 184 g/mol. The molecule has 2 heteroatoms. The highest BCUT2D eigenvalue weighted by Crippen LogP contribution is 2.70. The molecule has 0 saturated heterocycles. The molecule has 0 spiro atoms. The van der Waals surface area contributed by atoms with Crippen LogP contribution in [-0.4, -0.2) is 6.04 Å². The molecule has 0 aliphatic heterocycles. The molecule has 15 heavy (non-hydrogen) atoms. The fraction of sp³-hybridized carbons (Fsp3) is 0.846. The molecule has 3 fully saturated rings. The summed E-state index contributed by atoms with van der Waals surface area (Å²) in [6.07, 6.45) is 6.84. The van der Waals surface area contributed by atoms with Gasteiger partial charge >= 0.3 is 0 Å². The van der Waals surface area contributed by atoms with Crippen LogP contribution in [0.5, 0.6) is 0 Å². The van der Waals surface area contributed by atoms with Crippen molar-refractivity contribution in [2.45, 2.75) is 39.2 Å². The van der Waals surface area contributed by atoms with Gasteiger partial charge in [-0.25, -0.2) is 0 Å². The molecule has 3 aliphatic carbocycles. The van der Waals surface area contributed by atoms with E-state index in [0.717, 1.165) is 29.6 Å². The van der Waals surface area contributed by atoms with Crippen molar-refractivity contribution in [2.24, 2.45) is 35.4 Å². The fourth-order valence-electron chi connectivity index (χ4n) is 4.50. The lowest BCUT2D eigenvalue weighted by Gasteiger charge is -2.16. The summed E-state index contributed by atoms with van der Waals surface area (Å²) in [5, 5.41) is 0. The summed E-state index contributed by atoms with van der Waals surface area (Å²) >= 11 is 0. The molecule has 3 rings (SSSR count). The monoisotopic (exact) mass is 206 g/mol. The van der Waals surface area contributed by atoms with E-state index in [0.29, 0.717) is 6.04 Å². The third-order valence-corrected chi connectivity index (χ3v) is 4.91. The highest BCUT2D eigenvalue weighted by Gasteiger charge is 2.66. The van der Waals surface area contributed by atoms with Gasteiger partial charge in [-0.05, 0) is 62.7 Å². The molecule has 0 aromatic carbocycles. The van der Waals surface area contributed by atoms with Crippen LogP contribution in [0.25, 0.3) is 0 Å². The van der Waals surface area contributed by atoms with Gasteiger partial charge in [0.25, 0.3) is 0 Å². The standard InChI is InChI=1S/C13H22N2/c1-7(2)5-10(15-14)13-11-8-3-4-9(6-8)12(11)13/h5,8-13,15H,3-4,6,14H2,1-2H3. The van der Waals surface area contributed by atoms with Crippen molar-refractivity contribution in [3.05, 3.63) is 11.6 Å². The summed E-state index contributed by atoms with van der Waals surface area (Å²) in [4.78, 5) is 0. The minimum Gasteiger partial charge on any atom is -0.271 e. The molecule has 0 heterocycles. The Labute approximate surface area is 92.3 Å². The van der Waals surface area contributed by atoms with E-state index < -0.39 is 0 Å². The molecule has 84 valence electrons. The topological polar surface area (TPSA) is 38.0 Å². The maximum atomic E-state index is 5.68. The molecule has 0 aromatic heterocycles. The van der Waals surface area contributed by atoms with Crippen LogP contribution in [-0.2, 0) is 0 Å². The van der Waals surface area contributed by atoms with Crippen LogP contribution in [0.1, 0.15) is 33.1 Å². The largest absolute Gasteiger partial charge is 0.271 e. The average Bonchev–Trinajstić information content (AvgIpc) is 2.64.